The van der Waals surface area contributed by atoms with Crippen LogP contribution in [0.3, 0.4) is 0 Å². The lowest BCUT2D eigenvalue weighted by Gasteiger charge is -2.47. The number of nitrogens with zero attached hydrogens (tertiary/aromatic N) is 1. The summed E-state index contributed by atoms with van der Waals surface area (Å²) in [6.07, 6.45) is 5.14. The van der Waals surface area contributed by atoms with E-state index in [2.05, 4.69) is 36.9 Å². The molecule has 2 aliphatic rings. The van der Waals surface area contributed by atoms with Crippen LogP contribution in [-0.4, -0.2) is 17.9 Å². The Hall–Kier alpha value is -1.31. The number of carbonyl (C=O) groups excluding carboxylic acids is 1. The highest BCUT2D eigenvalue weighted by atomic mass is 16.1. The molecule has 18 heavy (non-hydrogen) atoms. The first kappa shape index (κ1) is 11.8. The van der Waals surface area contributed by atoms with E-state index in [0.29, 0.717) is 17.9 Å². The zero-order valence-corrected chi connectivity index (χ0v) is 11.3. The van der Waals surface area contributed by atoms with E-state index in [-0.39, 0.29) is 0 Å². The second-order valence-electron chi connectivity index (χ2n) is 5.88. The highest BCUT2D eigenvalue weighted by Crippen LogP contribution is 2.37. The third-order valence-corrected chi connectivity index (χ3v) is 4.42. The molecule has 0 spiro atoms. The van der Waals surface area contributed by atoms with Crippen LogP contribution < -0.4 is 4.90 Å². The number of anilines is 1. The first-order chi connectivity index (χ1) is 8.65. The van der Waals surface area contributed by atoms with E-state index in [0.717, 1.165) is 12.8 Å². The Bertz CT molecular complexity index is 464. The lowest BCUT2D eigenvalue weighted by Crippen LogP contribution is -2.52. The number of Topliss-reactive ketones (excluding diaryl/α,β-unsaturated/α-hetero) is 1. The summed E-state index contributed by atoms with van der Waals surface area (Å²) in [4.78, 5) is 14.3. The van der Waals surface area contributed by atoms with Crippen LogP contribution in [0.15, 0.2) is 18.2 Å². The Morgan fingerprint density at radius 3 is 2.39 bits per heavy atom. The van der Waals surface area contributed by atoms with Crippen molar-refractivity contribution >= 4 is 11.5 Å². The van der Waals surface area contributed by atoms with Crippen molar-refractivity contribution in [2.45, 2.75) is 58.0 Å². The molecule has 2 saturated heterocycles. The van der Waals surface area contributed by atoms with Gasteiger partial charge in [0.25, 0.3) is 0 Å². The molecule has 0 radical (unpaired) electrons. The largest absolute Gasteiger partial charge is 0.364 e. The van der Waals surface area contributed by atoms with Gasteiger partial charge in [-0.3, -0.25) is 4.79 Å². The predicted molar refractivity (Wildman–Crippen MR) is 74.1 cm³/mol. The third kappa shape index (κ3) is 1.94. The monoisotopic (exact) mass is 243 g/mol. The maximum Gasteiger partial charge on any atom is 0.137 e. The van der Waals surface area contributed by atoms with Gasteiger partial charge in [-0.1, -0.05) is 17.7 Å². The Morgan fingerprint density at radius 2 is 1.78 bits per heavy atom. The number of carbonyl (C=O) groups is 1. The third-order valence-electron chi connectivity index (χ3n) is 4.42. The molecule has 0 saturated carbocycles. The Balaban J connectivity index is 1.97. The molecule has 2 nitrogen and oxygen atoms in total. The topological polar surface area (TPSA) is 20.3 Å². The second kappa shape index (κ2) is 4.42. The molecule has 2 heterocycles. The summed E-state index contributed by atoms with van der Waals surface area (Å²) < 4.78 is 0. The molecule has 2 aliphatic heterocycles. The first-order valence-corrected chi connectivity index (χ1v) is 7.02. The van der Waals surface area contributed by atoms with Crippen LogP contribution in [0.5, 0.6) is 0 Å². The molecule has 2 atom stereocenters. The quantitative estimate of drug-likeness (QED) is 0.753. The van der Waals surface area contributed by atoms with Gasteiger partial charge in [0, 0.05) is 30.6 Å². The van der Waals surface area contributed by atoms with Crippen LogP contribution >= 0.6 is 0 Å². The van der Waals surface area contributed by atoms with Crippen molar-refractivity contribution in [1.82, 2.24) is 0 Å². The van der Waals surface area contributed by atoms with Crippen molar-refractivity contribution in [1.29, 1.82) is 0 Å². The van der Waals surface area contributed by atoms with Gasteiger partial charge in [-0.2, -0.15) is 0 Å². The molecule has 0 N–H and O–H groups in total. The Labute approximate surface area is 109 Å². The van der Waals surface area contributed by atoms with Gasteiger partial charge in [-0.05, 0) is 44.7 Å². The lowest BCUT2D eigenvalue weighted by atomic mass is 9.83. The summed E-state index contributed by atoms with van der Waals surface area (Å²) in [5.74, 6) is 0.464. The van der Waals surface area contributed by atoms with Crippen LogP contribution in [0.1, 0.15) is 43.2 Å². The minimum Gasteiger partial charge on any atom is -0.364 e. The van der Waals surface area contributed by atoms with Crippen LogP contribution in [0.25, 0.3) is 0 Å². The van der Waals surface area contributed by atoms with Gasteiger partial charge >= 0.3 is 0 Å². The highest BCUT2D eigenvalue weighted by Gasteiger charge is 2.37. The smallest absolute Gasteiger partial charge is 0.137 e. The van der Waals surface area contributed by atoms with Crippen molar-refractivity contribution < 1.29 is 4.79 Å². The molecular formula is C16H21NO. The lowest BCUT2D eigenvalue weighted by molar-refractivity contribution is -0.121. The summed E-state index contributed by atoms with van der Waals surface area (Å²) in [6, 6.07) is 7.58. The van der Waals surface area contributed by atoms with Crippen LogP contribution in [0.2, 0.25) is 0 Å². The number of fused-ring (bicyclic) bond motifs is 2. The van der Waals surface area contributed by atoms with Crippen molar-refractivity contribution in [2.24, 2.45) is 0 Å². The number of ketones is 1. The minimum atomic E-state index is 0.450. The maximum absolute atomic E-state index is 11.8. The summed E-state index contributed by atoms with van der Waals surface area (Å²) in [7, 11) is 0. The van der Waals surface area contributed by atoms with E-state index in [1.807, 2.05) is 0 Å². The van der Waals surface area contributed by atoms with Crippen molar-refractivity contribution in [2.75, 3.05) is 4.90 Å². The number of benzene rings is 1. The number of piperidine rings is 2. The maximum atomic E-state index is 11.8. The van der Waals surface area contributed by atoms with Gasteiger partial charge in [0.05, 0.1) is 0 Å². The average Bonchev–Trinajstić information content (AvgIpc) is 2.28. The van der Waals surface area contributed by atoms with E-state index in [1.165, 1.54) is 36.1 Å². The Kier molecular flexibility index (Phi) is 2.89. The molecular weight excluding hydrogens is 222 g/mol. The number of aryl methyl sites for hydroxylation is 2. The fourth-order valence-corrected chi connectivity index (χ4v) is 3.66. The Morgan fingerprint density at radius 1 is 1.11 bits per heavy atom. The average molecular weight is 243 g/mol. The fraction of sp³-hybridized carbons (Fsp3) is 0.562. The van der Waals surface area contributed by atoms with Gasteiger partial charge in [-0.25, -0.2) is 0 Å². The molecule has 1 aromatic rings. The van der Waals surface area contributed by atoms with Gasteiger partial charge in [0.1, 0.15) is 5.78 Å². The molecule has 96 valence electrons. The number of hydrogen-bond acceptors (Lipinski definition) is 2. The van der Waals surface area contributed by atoms with Gasteiger partial charge in [0.2, 0.25) is 0 Å². The van der Waals surface area contributed by atoms with Crippen LogP contribution in [0.4, 0.5) is 5.69 Å². The van der Waals surface area contributed by atoms with Gasteiger partial charge < -0.3 is 4.90 Å². The van der Waals surface area contributed by atoms with Crippen molar-refractivity contribution in [3.8, 4) is 0 Å². The SMILES string of the molecule is Cc1ccc(N2C3CCCC2CC(=O)C3)c(C)c1. The molecule has 2 heteroatoms. The molecule has 3 rings (SSSR count). The van der Waals surface area contributed by atoms with Crippen molar-refractivity contribution in [3.63, 3.8) is 0 Å². The summed E-state index contributed by atoms with van der Waals surface area (Å²) >= 11 is 0. The minimum absolute atomic E-state index is 0.450. The molecule has 0 amide bonds. The van der Waals surface area contributed by atoms with E-state index in [1.54, 1.807) is 0 Å². The fourth-order valence-electron chi connectivity index (χ4n) is 3.66. The normalized spacial score (nSPS) is 27.4. The summed E-state index contributed by atoms with van der Waals surface area (Å²) in [6.45, 7) is 4.33. The summed E-state index contributed by atoms with van der Waals surface area (Å²) in [5.41, 5.74) is 4.01. The van der Waals surface area contributed by atoms with Crippen LogP contribution in [-0.2, 0) is 4.79 Å². The molecule has 0 aliphatic carbocycles. The number of hydrogen-bond donors (Lipinski definition) is 0. The zero-order valence-electron chi connectivity index (χ0n) is 11.3. The van der Waals surface area contributed by atoms with Gasteiger partial charge in [-0.15, -0.1) is 0 Å². The van der Waals surface area contributed by atoms with E-state index >= 15 is 0 Å². The number of rotatable bonds is 1. The molecule has 2 bridgehead atoms. The molecule has 2 unspecified atom stereocenters. The zero-order chi connectivity index (χ0) is 12.7. The van der Waals surface area contributed by atoms with E-state index < -0.39 is 0 Å². The van der Waals surface area contributed by atoms with Gasteiger partial charge in [0.15, 0.2) is 0 Å². The standard InChI is InChI=1S/C16H21NO/c1-11-6-7-16(12(2)8-11)17-13-4-3-5-14(17)10-15(18)9-13/h6-8,13-14H,3-5,9-10H2,1-2H3. The van der Waals surface area contributed by atoms with Crippen LogP contribution in [0, 0.1) is 13.8 Å². The van der Waals surface area contributed by atoms with E-state index in [9.17, 15) is 4.79 Å². The second-order valence-corrected chi connectivity index (χ2v) is 5.88. The predicted octanol–water partition coefficient (Wildman–Crippen LogP) is 3.39. The van der Waals surface area contributed by atoms with E-state index in [4.69, 9.17) is 0 Å². The molecule has 1 aromatic carbocycles. The molecule has 2 fully saturated rings. The first-order valence-electron chi connectivity index (χ1n) is 7.02. The molecule has 0 aromatic heterocycles. The van der Waals surface area contributed by atoms with Crippen molar-refractivity contribution in [3.05, 3.63) is 29.3 Å². The highest BCUT2D eigenvalue weighted by molar-refractivity contribution is 5.83. The summed E-state index contributed by atoms with van der Waals surface area (Å²) in [5, 5.41) is 0.